The lowest BCUT2D eigenvalue weighted by Crippen LogP contribution is -2.15. The number of hydrogen-bond acceptors (Lipinski definition) is 5. The maximum absolute atomic E-state index is 10.9. The Labute approximate surface area is 121 Å². The fourth-order valence-electron chi connectivity index (χ4n) is 2.55. The second-order valence-corrected chi connectivity index (χ2v) is 4.94. The third-order valence-electron chi connectivity index (χ3n) is 3.46. The first-order valence-corrected chi connectivity index (χ1v) is 6.93. The SMILES string of the molecule is O=C(O)Cn1nc(OCc2ncccn2)c2c1CCCC2. The summed E-state index contributed by atoms with van der Waals surface area (Å²) in [6.45, 7) is 0.102. The number of aromatic nitrogens is 4. The molecule has 1 aliphatic carbocycles. The zero-order chi connectivity index (χ0) is 14.7. The van der Waals surface area contributed by atoms with Gasteiger partial charge in [0.05, 0.1) is 0 Å². The summed E-state index contributed by atoms with van der Waals surface area (Å²) in [5, 5.41) is 13.3. The molecule has 7 nitrogen and oxygen atoms in total. The van der Waals surface area contributed by atoms with Crippen molar-refractivity contribution in [2.45, 2.75) is 38.8 Å². The van der Waals surface area contributed by atoms with Crippen LogP contribution in [0.1, 0.15) is 29.9 Å². The quantitative estimate of drug-likeness (QED) is 0.889. The number of carboxylic acid groups (broad SMARTS) is 1. The second kappa shape index (κ2) is 5.90. The maximum Gasteiger partial charge on any atom is 0.325 e. The van der Waals surface area contributed by atoms with E-state index in [9.17, 15) is 4.79 Å². The molecule has 1 aliphatic rings. The van der Waals surface area contributed by atoms with Crippen molar-refractivity contribution in [3.63, 3.8) is 0 Å². The van der Waals surface area contributed by atoms with Crippen LogP contribution in [0, 0.1) is 0 Å². The Hall–Kier alpha value is -2.44. The average molecular weight is 288 g/mol. The summed E-state index contributed by atoms with van der Waals surface area (Å²) in [5.74, 6) is 0.192. The molecule has 0 unspecified atom stereocenters. The lowest BCUT2D eigenvalue weighted by molar-refractivity contribution is -0.137. The molecule has 2 heterocycles. The van der Waals surface area contributed by atoms with Crippen molar-refractivity contribution < 1.29 is 14.6 Å². The molecule has 1 N–H and O–H groups in total. The summed E-state index contributed by atoms with van der Waals surface area (Å²) < 4.78 is 7.24. The van der Waals surface area contributed by atoms with E-state index in [0.29, 0.717) is 11.7 Å². The highest BCUT2D eigenvalue weighted by atomic mass is 16.5. The summed E-state index contributed by atoms with van der Waals surface area (Å²) in [6.07, 6.45) is 7.17. The summed E-state index contributed by atoms with van der Waals surface area (Å²) in [5.41, 5.74) is 2.01. The third kappa shape index (κ3) is 3.01. The normalized spacial score (nSPS) is 13.7. The van der Waals surface area contributed by atoms with Gasteiger partial charge in [0.25, 0.3) is 0 Å². The van der Waals surface area contributed by atoms with Gasteiger partial charge in [-0.25, -0.2) is 9.97 Å². The average Bonchev–Trinajstić information content (AvgIpc) is 2.84. The van der Waals surface area contributed by atoms with E-state index >= 15 is 0 Å². The molecule has 3 rings (SSSR count). The lowest BCUT2D eigenvalue weighted by Gasteiger charge is -2.13. The van der Waals surface area contributed by atoms with Gasteiger partial charge in [-0.2, -0.15) is 0 Å². The lowest BCUT2D eigenvalue weighted by atomic mass is 9.98. The van der Waals surface area contributed by atoms with E-state index in [1.807, 2.05) is 0 Å². The topological polar surface area (TPSA) is 90.1 Å². The minimum atomic E-state index is -0.899. The first-order valence-electron chi connectivity index (χ1n) is 6.93. The van der Waals surface area contributed by atoms with Crippen molar-refractivity contribution in [3.05, 3.63) is 35.5 Å². The molecular formula is C14H16N4O3. The smallest absolute Gasteiger partial charge is 0.325 e. The zero-order valence-corrected chi connectivity index (χ0v) is 11.5. The molecule has 0 saturated heterocycles. The zero-order valence-electron chi connectivity index (χ0n) is 11.5. The monoisotopic (exact) mass is 288 g/mol. The first-order chi connectivity index (χ1) is 10.2. The molecule has 0 saturated carbocycles. The van der Waals surface area contributed by atoms with E-state index in [4.69, 9.17) is 9.84 Å². The van der Waals surface area contributed by atoms with Crippen LogP contribution in [-0.4, -0.2) is 30.8 Å². The third-order valence-corrected chi connectivity index (χ3v) is 3.46. The molecular weight excluding hydrogens is 272 g/mol. The Morgan fingerprint density at radius 2 is 2.05 bits per heavy atom. The van der Waals surface area contributed by atoms with Crippen molar-refractivity contribution in [1.29, 1.82) is 0 Å². The molecule has 0 amide bonds. The minimum absolute atomic E-state index is 0.131. The van der Waals surface area contributed by atoms with Crippen LogP contribution >= 0.6 is 0 Å². The largest absolute Gasteiger partial charge is 0.480 e. The summed E-state index contributed by atoms with van der Waals surface area (Å²) in [6, 6.07) is 1.74. The van der Waals surface area contributed by atoms with Gasteiger partial charge in [-0.15, -0.1) is 5.10 Å². The fraction of sp³-hybridized carbons (Fsp3) is 0.429. The minimum Gasteiger partial charge on any atom is -0.480 e. The van der Waals surface area contributed by atoms with Crippen LogP contribution < -0.4 is 4.74 Å². The highest BCUT2D eigenvalue weighted by molar-refractivity contribution is 5.66. The molecule has 110 valence electrons. The fourth-order valence-corrected chi connectivity index (χ4v) is 2.55. The number of ether oxygens (including phenoxy) is 1. The summed E-state index contributed by atoms with van der Waals surface area (Å²) >= 11 is 0. The molecule has 0 atom stereocenters. The van der Waals surface area contributed by atoms with E-state index in [0.717, 1.165) is 36.9 Å². The van der Waals surface area contributed by atoms with E-state index in [1.54, 1.807) is 18.5 Å². The number of rotatable bonds is 5. The van der Waals surface area contributed by atoms with E-state index in [2.05, 4.69) is 15.1 Å². The van der Waals surface area contributed by atoms with Gasteiger partial charge >= 0.3 is 5.97 Å². The molecule has 7 heteroatoms. The Kier molecular flexibility index (Phi) is 3.81. The molecule has 2 aromatic rings. The number of fused-ring (bicyclic) bond motifs is 1. The Morgan fingerprint density at radius 3 is 2.81 bits per heavy atom. The summed E-state index contributed by atoms with van der Waals surface area (Å²) in [4.78, 5) is 19.1. The van der Waals surface area contributed by atoms with Crippen molar-refractivity contribution >= 4 is 5.97 Å². The van der Waals surface area contributed by atoms with E-state index in [-0.39, 0.29) is 13.2 Å². The number of aliphatic carboxylic acids is 1. The van der Waals surface area contributed by atoms with Gasteiger partial charge in [0.15, 0.2) is 5.82 Å². The van der Waals surface area contributed by atoms with Crippen LogP contribution in [0.4, 0.5) is 0 Å². The van der Waals surface area contributed by atoms with Crippen molar-refractivity contribution in [3.8, 4) is 5.88 Å². The summed E-state index contributed by atoms with van der Waals surface area (Å²) in [7, 11) is 0. The van der Waals surface area contributed by atoms with Gasteiger partial charge < -0.3 is 9.84 Å². The Balaban J connectivity index is 1.81. The highest BCUT2D eigenvalue weighted by Gasteiger charge is 2.23. The first kappa shape index (κ1) is 13.5. The molecule has 0 aromatic carbocycles. The van der Waals surface area contributed by atoms with Gasteiger partial charge in [0.2, 0.25) is 5.88 Å². The van der Waals surface area contributed by atoms with Gasteiger partial charge in [0, 0.05) is 23.7 Å². The van der Waals surface area contributed by atoms with Crippen LogP contribution in [0.15, 0.2) is 18.5 Å². The van der Waals surface area contributed by atoms with Gasteiger partial charge in [-0.05, 0) is 31.7 Å². The number of hydrogen-bond donors (Lipinski definition) is 1. The van der Waals surface area contributed by atoms with Crippen LogP contribution in [0.2, 0.25) is 0 Å². The van der Waals surface area contributed by atoms with E-state index < -0.39 is 5.97 Å². The molecule has 21 heavy (non-hydrogen) atoms. The Morgan fingerprint density at radius 1 is 1.29 bits per heavy atom. The van der Waals surface area contributed by atoms with Crippen LogP contribution in [-0.2, 0) is 30.8 Å². The molecule has 2 aromatic heterocycles. The van der Waals surface area contributed by atoms with Crippen LogP contribution in [0.25, 0.3) is 0 Å². The van der Waals surface area contributed by atoms with E-state index in [1.165, 1.54) is 4.68 Å². The van der Waals surface area contributed by atoms with Gasteiger partial charge in [-0.3, -0.25) is 9.48 Å². The molecule has 0 aliphatic heterocycles. The van der Waals surface area contributed by atoms with Crippen molar-refractivity contribution in [2.75, 3.05) is 0 Å². The van der Waals surface area contributed by atoms with Gasteiger partial charge in [-0.1, -0.05) is 0 Å². The second-order valence-electron chi connectivity index (χ2n) is 4.94. The standard InChI is InChI=1S/C14H16N4O3/c19-13(20)8-18-11-5-2-1-4-10(11)14(17-18)21-9-12-15-6-3-7-16-12/h3,6-7H,1-2,4-5,8-9H2,(H,19,20). The van der Waals surface area contributed by atoms with Crippen LogP contribution in [0.5, 0.6) is 5.88 Å². The molecule has 0 fully saturated rings. The van der Waals surface area contributed by atoms with Crippen LogP contribution in [0.3, 0.4) is 0 Å². The van der Waals surface area contributed by atoms with Gasteiger partial charge in [0.1, 0.15) is 13.2 Å². The predicted octanol–water partition coefficient (Wildman–Crippen LogP) is 1.22. The van der Waals surface area contributed by atoms with Crippen molar-refractivity contribution in [1.82, 2.24) is 19.7 Å². The van der Waals surface area contributed by atoms with Crippen molar-refractivity contribution in [2.24, 2.45) is 0 Å². The molecule has 0 spiro atoms. The highest BCUT2D eigenvalue weighted by Crippen LogP contribution is 2.29. The predicted molar refractivity (Wildman–Crippen MR) is 72.9 cm³/mol. The number of carbonyl (C=O) groups is 1. The Bertz CT molecular complexity index is 639. The molecule has 0 radical (unpaired) electrons. The maximum atomic E-state index is 10.9. The number of carboxylic acids is 1. The molecule has 0 bridgehead atoms. The number of nitrogens with zero attached hydrogens (tertiary/aromatic N) is 4.